The molecule has 0 saturated heterocycles. The number of hydrogen-bond acceptors (Lipinski definition) is 5. The van der Waals surface area contributed by atoms with Crippen LogP contribution in [0.1, 0.15) is 13.3 Å². The first-order chi connectivity index (χ1) is 10.8. The highest BCUT2D eigenvalue weighted by Crippen LogP contribution is 2.27. The van der Waals surface area contributed by atoms with Crippen molar-refractivity contribution in [1.82, 2.24) is 14.5 Å². The summed E-state index contributed by atoms with van der Waals surface area (Å²) in [6.45, 7) is 5.77. The number of hydrogen-bond donors (Lipinski definition) is 4. The zero-order chi connectivity index (χ0) is 17.2. The van der Waals surface area contributed by atoms with Gasteiger partial charge in [-0.2, -0.15) is 4.98 Å². The Labute approximate surface area is 138 Å². The zero-order valence-electron chi connectivity index (χ0n) is 12.6. The van der Waals surface area contributed by atoms with E-state index in [2.05, 4.69) is 27.8 Å². The van der Waals surface area contributed by atoms with Crippen molar-refractivity contribution in [2.24, 2.45) is 11.7 Å². The van der Waals surface area contributed by atoms with Crippen LogP contribution in [0.5, 0.6) is 0 Å². The lowest BCUT2D eigenvalue weighted by atomic mass is 9.87. The number of nitrogens with two attached hydrogens (primary N) is 2. The van der Waals surface area contributed by atoms with Gasteiger partial charge in [0.1, 0.15) is 5.54 Å². The summed E-state index contributed by atoms with van der Waals surface area (Å²) in [7, 11) is 0. The molecule has 0 saturated carbocycles. The molecule has 2 rings (SSSR count). The third-order valence-electron chi connectivity index (χ3n) is 3.63. The topological polar surface area (TPSA) is 123 Å². The van der Waals surface area contributed by atoms with E-state index in [1.165, 1.54) is 0 Å². The Morgan fingerprint density at radius 2 is 2.39 bits per heavy atom. The summed E-state index contributed by atoms with van der Waals surface area (Å²) in [6, 6.07) is 1.59. The van der Waals surface area contributed by atoms with Crippen LogP contribution in [0.3, 0.4) is 0 Å². The first-order valence-electron chi connectivity index (χ1n) is 6.91. The van der Waals surface area contributed by atoms with Crippen LogP contribution in [0.4, 0.5) is 5.95 Å². The van der Waals surface area contributed by atoms with Gasteiger partial charge in [-0.15, -0.1) is 0 Å². The third-order valence-corrected chi connectivity index (χ3v) is 3.72. The number of fused-ring (bicyclic) bond motifs is 1. The van der Waals surface area contributed by atoms with E-state index >= 15 is 0 Å². The molecule has 2 aromatic rings. The number of aliphatic hydroxyl groups excluding tert-OH is 1. The molecule has 0 aliphatic heterocycles. The molecule has 0 aromatic carbocycles. The van der Waals surface area contributed by atoms with Crippen LogP contribution in [0.15, 0.2) is 23.6 Å². The van der Waals surface area contributed by atoms with Crippen molar-refractivity contribution in [1.29, 1.82) is 0 Å². The standard InChI is InChI=1S/C15H18ClN5O2/c1-9(8-22)7-15(18,4-5-16)10(2)21-6-3-11-12(21)19-14(17)20-13(11)23/h3,6,9,22H,2,7-8,18H2,1H3,(H3,17,19,20,23). The van der Waals surface area contributed by atoms with Crippen molar-refractivity contribution in [2.75, 3.05) is 12.3 Å². The predicted octanol–water partition coefficient (Wildman–Crippen LogP) is 0.693. The molecule has 2 atom stereocenters. The molecule has 0 aliphatic carbocycles. The van der Waals surface area contributed by atoms with E-state index in [0.29, 0.717) is 23.2 Å². The molecule has 2 heterocycles. The largest absolute Gasteiger partial charge is 0.396 e. The molecule has 2 aromatic heterocycles. The van der Waals surface area contributed by atoms with Crippen LogP contribution in [0.2, 0.25) is 0 Å². The second-order valence-corrected chi connectivity index (χ2v) is 5.69. The lowest BCUT2D eigenvalue weighted by Crippen LogP contribution is -2.43. The summed E-state index contributed by atoms with van der Waals surface area (Å²) in [5.74, 6) is 2.60. The van der Waals surface area contributed by atoms with Gasteiger partial charge in [0.05, 0.1) is 5.39 Å². The van der Waals surface area contributed by atoms with Crippen LogP contribution in [-0.4, -0.2) is 31.8 Å². The highest BCUT2D eigenvalue weighted by atomic mass is 35.5. The van der Waals surface area contributed by atoms with Gasteiger partial charge in [-0.1, -0.05) is 19.4 Å². The molecule has 0 bridgehead atoms. The molecule has 8 heteroatoms. The minimum atomic E-state index is -1.19. The highest BCUT2D eigenvalue weighted by molar-refractivity contribution is 6.30. The van der Waals surface area contributed by atoms with E-state index in [4.69, 9.17) is 23.1 Å². The first-order valence-corrected chi connectivity index (χ1v) is 7.29. The molecule has 0 radical (unpaired) electrons. The maximum Gasteiger partial charge on any atom is 0.261 e. The van der Waals surface area contributed by atoms with E-state index in [1.54, 1.807) is 16.8 Å². The molecular weight excluding hydrogens is 318 g/mol. The number of aromatic amines is 1. The fraction of sp³-hybridized carbons (Fsp3) is 0.333. The number of aliphatic hydroxyl groups is 1. The van der Waals surface area contributed by atoms with Crippen molar-refractivity contribution in [3.8, 4) is 11.3 Å². The van der Waals surface area contributed by atoms with Gasteiger partial charge >= 0.3 is 0 Å². The number of nitrogens with zero attached hydrogens (tertiary/aromatic N) is 2. The smallest absolute Gasteiger partial charge is 0.261 e. The fourth-order valence-electron chi connectivity index (χ4n) is 2.41. The van der Waals surface area contributed by atoms with Gasteiger partial charge in [0, 0.05) is 23.9 Å². The van der Waals surface area contributed by atoms with Crippen LogP contribution in [0, 0.1) is 17.2 Å². The Hall–Kier alpha value is -2.27. The zero-order valence-corrected chi connectivity index (χ0v) is 13.4. The second kappa shape index (κ2) is 6.46. The number of nitrogen functional groups attached to an aromatic ring is 1. The first kappa shape index (κ1) is 17.1. The predicted molar refractivity (Wildman–Crippen MR) is 91.5 cm³/mol. The average Bonchev–Trinajstić information content (AvgIpc) is 2.90. The van der Waals surface area contributed by atoms with Crippen molar-refractivity contribution in [2.45, 2.75) is 18.9 Å². The van der Waals surface area contributed by atoms with Gasteiger partial charge in [0.15, 0.2) is 5.65 Å². The molecular formula is C15H18ClN5O2. The third kappa shape index (κ3) is 3.24. The minimum Gasteiger partial charge on any atom is -0.396 e. The molecule has 6 N–H and O–H groups in total. The molecule has 0 aliphatic rings. The van der Waals surface area contributed by atoms with E-state index < -0.39 is 5.54 Å². The molecule has 0 fully saturated rings. The van der Waals surface area contributed by atoms with E-state index in [1.807, 2.05) is 6.92 Å². The van der Waals surface area contributed by atoms with Crippen molar-refractivity contribution in [3.63, 3.8) is 0 Å². The van der Waals surface area contributed by atoms with Gasteiger partial charge in [-0.3, -0.25) is 9.78 Å². The van der Waals surface area contributed by atoms with E-state index in [9.17, 15) is 9.90 Å². The summed E-state index contributed by atoms with van der Waals surface area (Å²) in [4.78, 5) is 18.5. The van der Waals surface area contributed by atoms with Crippen LogP contribution in [0.25, 0.3) is 16.7 Å². The van der Waals surface area contributed by atoms with Gasteiger partial charge in [-0.05, 0) is 30.0 Å². The molecule has 2 unspecified atom stereocenters. The Kier molecular flexibility index (Phi) is 4.80. The summed E-state index contributed by atoms with van der Waals surface area (Å²) >= 11 is 5.54. The maximum atomic E-state index is 11.9. The van der Waals surface area contributed by atoms with Gasteiger partial charge in [0.25, 0.3) is 5.56 Å². The molecule has 122 valence electrons. The normalized spacial score (nSPS) is 14.8. The lowest BCUT2D eigenvalue weighted by molar-refractivity contribution is 0.221. The van der Waals surface area contributed by atoms with Gasteiger partial charge in [0.2, 0.25) is 5.95 Å². The summed E-state index contributed by atoms with van der Waals surface area (Å²) in [5, 5.41) is 11.9. The fourth-order valence-corrected chi connectivity index (χ4v) is 2.58. The summed E-state index contributed by atoms with van der Waals surface area (Å²) in [6.07, 6.45) is 1.95. The van der Waals surface area contributed by atoms with Crippen molar-refractivity contribution >= 4 is 34.3 Å². The van der Waals surface area contributed by atoms with E-state index in [-0.39, 0.29) is 24.0 Å². The quantitative estimate of drug-likeness (QED) is 0.599. The van der Waals surface area contributed by atoms with Crippen LogP contribution >= 0.6 is 11.6 Å². The number of anilines is 1. The Bertz CT molecular complexity index is 860. The molecule has 7 nitrogen and oxygen atoms in total. The number of rotatable bonds is 5. The molecule has 23 heavy (non-hydrogen) atoms. The number of H-pyrrole nitrogens is 1. The van der Waals surface area contributed by atoms with Gasteiger partial charge in [-0.25, -0.2) is 0 Å². The maximum absolute atomic E-state index is 11.9. The molecule has 0 amide bonds. The minimum absolute atomic E-state index is 0.00924. The summed E-state index contributed by atoms with van der Waals surface area (Å²) < 4.78 is 1.56. The van der Waals surface area contributed by atoms with Crippen LogP contribution < -0.4 is 17.0 Å². The Morgan fingerprint density at radius 3 is 3.00 bits per heavy atom. The number of nitrogens with one attached hydrogen (secondary N) is 1. The number of halogens is 1. The van der Waals surface area contributed by atoms with Gasteiger partial charge < -0.3 is 21.1 Å². The Balaban J connectivity index is 2.57. The van der Waals surface area contributed by atoms with Crippen molar-refractivity contribution in [3.05, 3.63) is 29.2 Å². The highest BCUT2D eigenvalue weighted by Gasteiger charge is 2.31. The lowest BCUT2D eigenvalue weighted by Gasteiger charge is -2.29. The second-order valence-electron chi connectivity index (χ2n) is 5.50. The monoisotopic (exact) mass is 335 g/mol. The SMILES string of the molecule is C=C(n1ccc2c(=O)[nH]c(N)nc21)C(N)(C#CCl)CC(C)CO. The van der Waals surface area contributed by atoms with E-state index in [0.717, 1.165) is 0 Å². The summed E-state index contributed by atoms with van der Waals surface area (Å²) in [5.41, 5.74) is 11.1. The average molecular weight is 336 g/mol. The van der Waals surface area contributed by atoms with Crippen molar-refractivity contribution < 1.29 is 5.11 Å². The number of aromatic nitrogens is 3. The van der Waals surface area contributed by atoms with Crippen LogP contribution in [-0.2, 0) is 0 Å². The Morgan fingerprint density at radius 1 is 1.70 bits per heavy atom. The molecule has 0 spiro atoms.